The van der Waals surface area contributed by atoms with Crippen molar-refractivity contribution in [2.75, 3.05) is 44.7 Å². The summed E-state index contributed by atoms with van der Waals surface area (Å²) in [7, 11) is 1.67. The minimum Gasteiger partial charge on any atom is -0.495 e. The van der Waals surface area contributed by atoms with E-state index in [0.717, 1.165) is 72.6 Å². The molecule has 1 aromatic carbocycles. The number of fused-ring (bicyclic) bond motifs is 2. The normalized spacial score (nSPS) is 14.6. The zero-order valence-electron chi connectivity index (χ0n) is 22.9. The Bertz CT molecular complexity index is 1730. The van der Waals surface area contributed by atoms with Gasteiger partial charge in [0.05, 0.1) is 30.7 Å². The molecule has 0 radical (unpaired) electrons. The Morgan fingerprint density at radius 1 is 0.976 bits per heavy atom. The molecule has 0 saturated carbocycles. The van der Waals surface area contributed by atoms with E-state index in [9.17, 15) is 19.2 Å². The van der Waals surface area contributed by atoms with E-state index in [1.807, 2.05) is 31.2 Å². The fourth-order valence-electron chi connectivity index (χ4n) is 5.11. The fourth-order valence-corrected chi connectivity index (χ4v) is 5.11. The van der Waals surface area contributed by atoms with Crippen molar-refractivity contribution < 1.29 is 13.7 Å². The first-order valence-electron chi connectivity index (χ1n) is 13.4. The molecule has 0 spiro atoms. The number of nitrogens with zero attached hydrogens (tertiary/aromatic N) is 5. The van der Waals surface area contributed by atoms with Crippen LogP contribution in [0.2, 0.25) is 0 Å². The van der Waals surface area contributed by atoms with Gasteiger partial charge in [0.15, 0.2) is 0 Å². The van der Waals surface area contributed by atoms with E-state index in [1.165, 1.54) is 0 Å². The summed E-state index contributed by atoms with van der Waals surface area (Å²) in [5, 5.41) is 0. The number of hydrogen-bond acceptors (Lipinski definition) is 10. The van der Waals surface area contributed by atoms with Gasteiger partial charge in [0.2, 0.25) is 5.58 Å². The molecule has 3 aromatic heterocycles. The van der Waals surface area contributed by atoms with E-state index in [4.69, 9.17) is 13.7 Å². The first-order valence-corrected chi connectivity index (χ1v) is 13.4. The standard InChI is InChI=1S/C29H31N5O7/c1-20-11-12-30-21(18-20)22(34-28(37)25-19-33(29(34)38)41-27(36)10-9-26(35)40-25)7-5-13-31-14-16-32(17-15-31)23-6-3-4-8-24(23)39-2/h3-4,6,8-12,18-19,22H,5,7,13-17H2,1-2H3. The van der Waals surface area contributed by atoms with Crippen molar-refractivity contribution in [3.63, 3.8) is 0 Å². The average molecular weight is 562 g/mol. The van der Waals surface area contributed by atoms with Gasteiger partial charge in [0, 0.05) is 44.5 Å². The number of ether oxygens (including phenoxy) is 1. The molecule has 1 aliphatic heterocycles. The highest BCUT2D eigenvalue weighted by Gasteiger charge is 2.24. The van der Waals surface area contributed by atoms with E-state index < -0.39 is 34.1 Å². The molecule has 1 unspecified atom stereocenters. The number of rotatable bonds is 8. The van der Waals surface area contributed by atoms with Crippen molar-refractivity contribution in [3.8, 4) is 5.75 Å². The summed E-state index contributed by atoms with van der Waals surface area (Å²) in [6.45, 7) is 5.97. The van der Waals surface area contributed by atoms with Gasteiger partial charge >= 0.3 is 16.9 Å². The lowest BCUT2D eigenvalue weighted by Gasteiger charge is -2.36. The van der Waals surface area contributed by atoms with Crippen LogP contribution < -0.4 is 32.1 Å². The van der Waals surface area contributed by atoms with Crippen molar-refractivity contribution in [1.82, 2.24) is 19.0 Å². The SMILES string of the molecule is COc1ccccc1N1CCN(CCCC(c2cc(C)ccn2)n2c(=O)c3cn(oc(=O)ccc(=O)o3)c2=O)CC1. The van der Waals surface area contributed by atoms with Crippen LogP contribution in [0.15, 0.2) is 89.0 Å². The van der Waals surface area contributed by atoms with Crippen LogP contribution in [0.1, 0.15) is 30.1 Å². The molecule has 4 heterocycles. The Morgan fingerprint density at radius 3 is 2.49 bits per heavy atom. The van der Waals surface area contributed by atoms with Gasteiger partial charge in [-0.2, -0.15) is 0 Å². The Balaban J connectivity index is 1.41. The van der Waals surface area contributed by atoms with Gasteiger partial charge in [0.1, 0.15) is 5.75 Å². The van der Waals surface area contributed by atoms with Crippen molar-refractivity contribution in [2.45, 2.75) is 25.8 Å². The molecule has 0 N–H and O–H groups in total. The lowest BCUT2D eigenvalue weighted by molar-refractivity contribution is 0.245. The number of benzene rings is 1. The molecule has 5 rings (SSSR count). The number of aromatic nitrogens is 3. The quantitative estimate of drug-likeness (QED) is 0.314. The summed E-state index contributed by atoms with van der Waals surface area (Å²) < 4.78 is 17.3. The molecule has 41 heavy (non-hydrogen) atoms. The molecule has 12 heteroatoms. The highest BCUT2D eigenvalue weighted by molar-refractivity contribution is 5.58. The van der Waals surface area contributed by atoms with Gasteiger partial charge in [-0.05, 0) is 56.1 Å². The van der Waals surface area contributed by atoms with Gasteiger partial charge in [-0.25, -0.2) is 19.0 Å². The maximum Gasteiger partial charge on any atom is 0.365 e. The zero-order valence-corrected chi connectivity index (χ0v) is 22.9. The van der Waals surface area contributed by atoms with Gasteiger partial charge in [-0.15, -0.1) is 4.57 Å². The van der Waals surface area contributed by atoms with Crippen LogP contribution in [-0.2, 0) is 0 Å². The summed E-state index contributed by atoms with van der Waals surface area (Å²) in [5.74, 6) is 0.843. The van der Waals surface area contributed by atoms with Crippen LogP contribution in [0, 0.1) is 6.92 Å². The third-order valence-corrected chi connectivity index (χ3v) is 7.15. The molecule has 1 fully saturated rings. The molecule has 1 saturated heterocycles. The lowest BCUT2D eigenvalue weighted by Crippen LogP contribution is -2.47. The zero-order chi connectivity index (χ0) is 28.9. The van der Waals surface area contributed by atoms with E-state index in [-0.39, 0.29) is 0 Å². The monoisotopic (exact) mass is 561 g/mol. The molecule has 1 atom stereocenters. The molecular formula is C29H31N5O7. The van der Waals surface area contributed by atoms with Crippen LogP contribution in [-0.4, -0.2) is 58.9 Å². The Labute approximate surface area is 234 Å². The Kier molecular flexibility index (Phi) is 8.29. The van der Waals surface area contributed by atoms with E-state index in [1.54, 1.807) is 19.4 Å². The summed E-state index contributed by atoms with van der Waals surface area (Å²) in [6.07, 6.45) is 3.56. The molecule has 2 bridgehead atoms. The van der Waals surface area contributed by atoms with E-state index >= 15 is 0 Å². The second-order valence-corrected chi connectivity index (χ2v) is 9.86. The third kappa shape index (κ3) is 6.22. The Hall–Kier alpha value is -4.71. The number of methoxy groups -OCH3 is 1. The second kappa shape index (κ2) is 12.2. The molecule has 1 aliphatic rings. The topological polar surface area (TPSA) is 132 Å². The molecule has 4 aromatic rings. The first kappa shape index (κ1) is 27.8. The second-order valence-electron chi connectivity index (χ2n) is 9.86. The van der Waals surface area contributed by atoms with Crippen molar-refractivity contribution >= 4 is 11.3 Å². The number of anilines is 1. The summed E-state index contributed by atoms with van der Waals surface area (Å²) in [4.78, 5) is 60.1. The van der Waals surface area contributed by atoms with Gasteiger partial charge in [0.25, 0.3) is 5.56 Å². The van der Waals surface area contributed by atoms with Crippen LogP contribution in [0.3, 0.4) is 0 Å². The third-order valence-electron chi connectivity index (χ3n) is 7.15. The molecular weight excluding hydrogens is 530 g/mol. The number of pyridine rings is 1. The molecule has 0 amide bonds. The summed E-state index contributed by atoms with van der Waals surface area (Å²) >= 11 is 0. The first-order chi connectivity index (χ1) is 19.8. The largest absolute Gasteiger partial charge is 0.495 e. The maximum absolute atomic E-state index is 13.5. The summed E-state index contributed by atoms with van der Waals surface area (Å²) in [6, 6.07) is 12.4. The van der Waals surface area contributed by atoms with Crippen LogP contribution in [0.25, 0.3) is 5.58 Å². The van der Waals surface area contributed by atoms with E-state index in [0.29, 0.717) is 23.1 Å². The number of piperazine rings is 1. The predicted octanol–water partition coefficient (Wildman–Crippen LogP) is 1.83. The lowest BCUT2D eigenvalue weighted by atomic mass is 10.0. The van der Waals surface area contributed by atoms with Crippen molar-refractivity contribution in [1.29, 1.82) is 0 Å². The van der Waals surface area contributed by atoms with Crippen LogP contribution in [0.4, 0.5) is 5.69 Å². The minimum atomic E-state index is -0.959. The minimum absolute atomic E-state index is 0.391. The molecule has 0 aliphatic carbocycles. The number of aryl methyl sites for hydroxylation is 1. The van der Waals surface area contributed by atoms with Gasteiger partial charge in [-0.1, -0.05) is 12.1 Å². The maximum atomic E-state index is 13.5. The molecule has 214 valence electrons. The number of para-hydroxylation sites is 2. The van der Waals surface area contributed by atoms with Crippen molar-refractivity contribution in [3.05, 3.63) is 114 Å². The Morgan fingerprint density at radius 2 is 1.73 bits per heavy atom. The average Bonchev–Trinajstić information content (AvgIpc) is 3.04. The highest BCUT2D eigenvalue weighted by Crippen LogP contribution is 2.28. The summed E-state index contributed by atoms with van der Waals surface area (Å²) in [5.41, 5.74) is -1.55. The van der Waals surface area contributed by atoms with Crippen LogP contribution in [0.5, 0.6) is 5.75 Å². The molecule has 12 nitrogen and oxygen atoms in total. The van der Waals surface area contributed by atoms with Gasteiger partial charge in [-0.3, -0.25) is 14.7 Å². The highest BCUT2D eigenvalue weighted by atomic mass is 16.5. The van der Waals surface area contributed by atoms with Crippen LogP contribution >= 0.6 is 0 Å². The van der Waals surface area contributed by atoms with E-state index in [2.05, 4.69) is 20.9 Å². The fraction of sp³-hybridized carbons (Fsp3) is 0.345. The van der Waals surface area contributed by atoms with Gasteiger partial charge < -0.3 is 18.6 Å². The predicted molar refractivity (Wildman–Crippen MR) is 152 cm³/mol. The van der Waals surface area contributed by atoms with Crippen molar-refractivity contribution in [2.24, 2.45) is 0 Å². The smallest absolute Gasteiger partial charge is 0.365 e. The number of hydrogen-bond donors (Lipinski definition) is 0.